The topological polar surface area (TPSA) is 67.1 Å². The molecule has 0 unspecified atom stereocenters. The van der Waals surface area contributed by atoms with E-state index in [0.29, 0.717) is 5.82 Å². The predicted octanol–water partition coefficient (Wildman–Crippen LogP) is 7.11. The summed E-state index contributed by atoms with van der Waals surface area (Å²) in [6.07, 6.45) is 13.3. The van der Waals surface area contributed by atoms with Crippen LogP contribution in [0.1, 0.15) is 107 Å². The van der Waals surface area contributed by atoms with Crippen molar-refractivity contribution in [2.75, 3.05) is 25.4 Å². The van der Waals surface area contributed by atoms with Gasteiger partial charge < -0.3 is 16.0 Å². The number of hydrogen-bond acceptors (Lipinski definition) is 5. The Labute approximate surface area is 225 Å². The van der Waals surface area contributed by atoms with Crippen LogP contribution in [0.2, 0.25) is 0 Å². The fourth-order valence-electron chi connectivity index (χ4n) is 5.81. The van der Waals surface area contributed by atoms with Gasteiger partial charge >= 0.3 is 0 Å². The lowest BCUT2D eigenvalue weighted by atomic mass is 9.77. The molecular weight excluding hydrogens is 454 g/mol. The SMILES string of the molecule is C1CCC(N2CCCCC2)CC1.C=C1NCC(C)(C)c2cc(C(=C)c3c(C)ncnc3N)ccc21.CC. The third-order valence-corrected chi connectivity index (χ3v) is 8.02. The van der Waals surface area contributed by atoms with E-state index < -0.39 is 0 Å². The van der Waals surface area contributed by atoms with Gasteiger partial charge in [-0.25, -0.2) is 9.97 Å². The molecule has 2 aliphatic heterocycles. The van der Waals surface area contributed by atoms with Gasteiger partial charge in [-0.05, 0) is 68.5 Å². The zero-order valence-electron chi connectivity index (χ0n) is 24.0. The minimum atomic E-state index is 0.0284. The summed E-state index contributed by atoms with van der Waals surface area (Å²) in [5.74, 6) is 0.463. The molecule has 0 atom stereocenters. The van der Waals surface area contributed by atoms with E-state index in [0.717, 1.165) is 46.2 Å². The molecule has 0 amide bonds. The summed E-state index contributed by atoms with van der Waals surface area (Å²) in [6, 6.07) is 7.32. The Kier molecular flexibility index (Phi) is 10.3. The van der Waals surface area contributed by atoms with Gasteiger partial charge in [0, 0.05) is 34.8 Å². The Bertz CT molecular complexity index is 1020. The molecule has 5 rings (SSSR count). The number of aryl methyl sites for hydroxylation is 1. The molecule has 2 fully saturated rings. The van der Waals surface area contributed by atoms with Crippen LogP contribution in [0.3, 0.4) is 0 Å². The number of hydrogen-bond donors (Lipinski definition) is 2. The van der Waals surface area contributed by atoms with Gasteiger partial charge in [0.2, 0.25) is 0 Å². The number of nitrogens with zero attached hydrogens (tertiary/aromatic N) is 3. The van der Waals surface area contributed by atoms with Crippen LogP contribution >= 0.6 is 0 Å². The molecule has 1 saturated carbocycles. The van der Waals surface area contributed by atoms with Crippen molar-refractivity contribution in [3.63, 3.8) is 0 Å². The third kappa shape index (κ3) is 7.01. The van der Waals surface area contributed by atoms with Gasteiger partial charge in [-0.2, -0.15) is 0 Å². The van der Waals surface area contributed by atoms with Gasteiger partial charge in [-0.3, -0.25) is 0 Å². The van der Waals surface area contributed by atoms with Crippen molar-refractivity contribution in [1.82, 2.24) is 20.2 Å². The summed E-state index contributed by atoms with van der Waals surface area (Å²) in [6.45, 7) is 22.4. The van der Waals surface area contributed by atoms with Crippen LogP contribution in [0.5, 0.6) is 0 Å². The standard InChI is InChI=1S/C19H22N4.C11H21N.C2H6/c1-11(17-13(3)22-10-23-18(17)20)14-6-7-15-12(2)21-9-19(4,5)16(15)8-14;1-3-7-11(8-4-1)12-9-5-2-6-10-12;1-2/h6-8,10,21H,1-2,9H2,3-5H3,(H2,20,22,23);11H,1-10H2;1-2H3. The quantitative estimate of drug-likeness (QED) is 0.467. The smallest absolute Gasteiger partial charge is 0.134 e. The van der Waals surface area contributed by atoms with Crippen LogP contribution in [0.4, 0.5) is 5.82 Å². The highest BCUT2D eigenvalue weighted by Gasteiger charge is 2.29. The van der Waals surface area contributed by atoms with Crippen LogP contribution < -0.4 is 11.1 Å². The first-order valence-electron chi connectivity index (χ1n) is 14.4. The largest absolute Gasteiger partial charge is 0.384 e. The second-order valence-electron chi connectivity index (χ2n) is 11.1. The molecule has 3 heterocycles. The van der Waals surface area contributed by atoms with Crippen LogP contribution in [-0.4, -0.2) is 40.5 Å². The minimum Gasteiger partial charge on any atom is -0.384 e. The molecule has 5 nitrogen and oxygen atoms in total. The van der Waals surface area contributed by atoms with E-state index in [4.69, 9.17) is 5.73 Å². The van der Waals surface area contributed by atoms with Crippen molar-refractivity contribution in [2.24, 2.45) is 0 Å². The van der Waals surface area contributed by atoms with Crippen molar-refractivity contribution in [1.29, 1.82) is 0 Å². The monoisotopic (exact) mass is 503 g/mol. The number of aromatic nitrogens is 2. The summed E-state index contributed by atoms with van der Waals surface area (Å²) < 4.78 is 0. The Morgan fingerprint density at radius 2 is 1.68 bits per heavy atom. The lowest BCUT2D eigenvalue weighted by Gasteiger charge is -2.36. The summed E-state index contributed by atoms with van der Waals surface area (Å²) in [5.41, 5.74) is 13.0. The van der Waals surface area contributed by atoms with Gasteiger partial charge in [-0.15, -0.1) is 0 Å². The number of nitrogens with two attached hydrogens (primary N) is 1. The maximum Gasteiger partial charge on any atom is 0.134 e. The van der Waals surface area contributed by atoms with Crippen LogP contribution in [-0.2, 0) is 5.41 Å². The van der Waals surface area contributed by atoms with Crippen LogP contribution in [0.15, 0.2) is 37.7 Å². The normalized spacial score (nSPS) is 19.3. The van der Waals surface area contributed by atoms with E-state index >= 15 is 0 Å². The highest BCUT2D eigenvalue weighted by molar-refractivity contribution is 5.85. The molecule has 3 aliphatic rings. The number of rotatable bonds is 3. The highest BCUT2D eigenvalue weighted by Crippen LogP contribution is 2.37. The molecule has 2 aromatic rings. The van der Waals surface area contributed by atoms with E-state index in [-0.39, 0.29) is 5.41 Å². The first kappa shape index (κ1) is 28.9. The second-order valence-corrected chi connectivity index (χ2v) is 11.1. The van der Waals surface area contributed by atoms with Crippen molar-refractivity contribution in [2.45, 2.75) is 97.4 Å². The number of likely N-dealkylation sites (tertiary alicyclic amines) is 1. The van der Waals surface area contributed by atoms with Gasteiger partial charge in [0.1, 0.15) is 12.1 Å². The molecule has 1 aromatic heterocycles. The Hall–Kier alpha value is -2.66. The molecule has 3 N–H and O–H groups in total. The Morgan fingerprint density at radius 1 is 1.03 bits per heavy atom. The van der Waals surface area contributed by atoms with Crippen LogP contribution in [0, 0.1) is 6.92 Å². The number of piperidine rings is 1. The molecule has 202 valence electrons. The van der Waals surface area contributed by atoms with Crippen LogP contribution in [0.25, 0.3) is 11.3 Å². The minimum absolute atomic E-state index is 0.0284. The van der Waals surface area contributed by atoms with Crippen molar-refractivity contribution >= 4 is 17.1 Å². The fourth-order valence-corrected chi connectivity index (χ4v) is 5.81. The lowest BCUT2D eigenvalue weighted by molar-refractivity contribution is 0.131. The van der Waals surface area contributed by atoms with E-state index in [1.165, 1.54) is 76.3 Å². The van der Waals surface area contributed by atoms with Gasteiger partial charge in [0.25, 0.3) is 0 Å². The summed E-state index contributed by atoms with van der Waals surface area (Å²) in [5, 5.41) is 3.37. The summed E-state index contributed by atoms with van der Waals surface area (Å²) >= 11 is 0. The highest BCUT2D eigenvalue weighted by atomic mass is 15.2. The molecule has 37 heavy (non-hydrogen) atoms. The fraction of sp³-hybridized carbons (Fsp3) is 0.562. The maximum atomic E-state index is 6.04. The average Bonchev–Trinajstić information content (AvgIpc) is 2.93. The first-order chi connectivity index (χ1) is 17.8. The molecule has 0 radical (unpaired) electrons. The molecule has 5 heteroatoms. The molecule has 0 spiro atoms. The van der Waals surface area contributed by atoms with E-state index in [1.54, 1.807) is 0 Å². The molecule has 0 bridgehead atoms. The zero-order chi connectivity index (χ0) is 27.0. The van der Waals surface area contributed by atoms with Gasteiger partial charge in [-0.1, -0.05) is 78.7 Å². The average molecular weight is 504 g/mol. The lowest BCUT2D eigenvalue weighted by Crippen LogP contribution is -2.40. The molecule has 1 saturated heterocycles. The zero-order valence-corrected chi connectivity index (χ0v) is 24.0. The number of benzene rings is 1. The van der Waals surface area contributed by atoms with Gasteiger partial charge in [0.05, 0.1) is 5.69 Å². The van der Waals surface area contributed by atoms with Crippen molar-refractivity contribution in [3.8, 4) is 0 Å². The van der Waals surface area contributed by atoms with E-state index in [9.17, 15) is 0 Å². The van der Waals surface area contributed by atoms with Crippen molar-refractivity contribution < 1.29 is 0 Å². The van der Waals surface area contributed by atoms with E-state index in [2.05, 4.69) is 65.4 Å². The number of fused-ring (bicyclic) bond motifs is 1. The molecular formula is C32H49N5. The maximum absolute atomic E-state index is 6.04. The number of nitrogens with one attached hydrogen (secondary N) is 1. The predicted molar refractivity (Wildman–Crippen MR) is 159 cm³/mol. The second kappa shape index (κ2) is 13.2. The number of nitrogen functional groups attached to an aromatic ring is 1. The van der Waals surface area contributed by atoms with E-state index in [1.807, 2.05) is 20.8 Å². The molecule has 1 aromatic carbocycles. The van der Waals surface area contributed by atoms with Crippen molar-refractivity contribution in [3.05, 3.63) is 65.6 Å². The summed E-state index contributed by atoms with van der Waals surface area (Å²) in [7, 11) is 0. The van der Waals surface area contributed by atoms with Gasteiger partial charge in [0.15, 0.2) is 0 Å². The Balaban J connectivity index is 0.000000228. The Morgan fingerprint density at radius 3 is 2.32 bits per heavy atom. The number of anilines is 1. The summed E-state index contributed by atoms with van der Waals surface area (Å²) in [4.78, 5) is 11.1. The third-order valence-electron chi connectivity index (χ3n) is 8.02. The molecule has 1 aliphatic carbocycles. The first-order valence-corrected chi connectivity index (χ1v) is 14.4.